The van der Waals surface area contributed by atoms with Gasteiger partial charge in [-0.3, -0.25) is 0 Å². The van der Waals surface area contributed by atoms with Crippen molar-refractivity contribution in [3.05, 3.63) is 28.8 Å². The molecule has 0 aromatic heterocycles. The molecule has 0 aliphatic rings. The molecule has 1 rings (SSSR count). The highest BCUT2D eigenvalue weighted by molar-refractivity contribution is 6.31. The molecule has 12 heavy (non-hydrogen) atoms. The minimum atomic E-state index is 0.0849. The first-order chi connectivity index (χ1) is 5.74. The topological polar surface area (TPSA) is 44.0 Å². The lowest BCUT2D eigenvalue weighted by Crippen LogP contribution is -1.75. The average molecular weight is 178 g/mol. The van der Waals surface area contributed by atoms with Crippen molar-refractivity contribution in [2.75, 3.05) is 0 Å². The molecule has 1 aromatic carbocycles. The summed E-state index contributed by atoms with van der Waals surface area (Å²) < 4.78 is 0. The largest absolute Gasteiger partial charge is 0.508 e. The fourth-order valence-electron chi connectivity index (χ4n) is 0.704. The molecule has 0 aliphatic heterocycles. The van der Waals surface area contributed by atoms with Crippen molar-refractivity contribution in [2.24, 2.45) is 0 Å². The van der Waals surface area contributed by atoms with E-state index in [9.17, 15) is 0 Å². The molecule has 0 saturated carbocycles. The zero-order chi connectivity index (χ0) is 8.97. The Hall–Kier alpha value is -1.64. The number of rotatable bonds is 0. The number of hydrogen-bond donors (Lipinski definition) is 1. The minimum absolute atomic E-state index is 0.0849. The van der Waals surface area contributed by atoms with Gasteiger partial charge in [0.1, 0.15) is 5.75 Å². The van der Waals surface area contributed by atoms with Gasteiger partial charge in [-0.25, -0.2) is 0 Å². The van der Waals surface area contributed by atoms with E-state index in [1.807, 2.05) is 0 Å². The summed E-state index contributed by atoms with van der Waals surface area (Å²) in [5, 5.41) is 17.6. The lowest BCUT2D eigenvalue weighted by Gasteiger charge is -1.95. The molecular weight excluding hydrogens is 174 g/mol. The third-order valence-corrected chi connectivity index (χ3v) is 1.53. The molecule has 0 radical (unpaired) electrons. The summed E-state index contributed by atoms with van der Waals surface area (Å²) >= 11 is 5.71. The quantitative estimate of drug-likeness (QED) is 0.616. The molecule has 1 aromatic rings. The lowest BCUT2D eigenvalue weighted by molar-refractivity contribution is 0.475. The first-order valence-corrected chi connectivity index (χ1v) is 3.50. The van der Waals surface area contributed by atoms with Crippen molar-refractivity contribution in [3.63, 3.8) is 0 Å². The normalized spacial score (nSPS) is 8.00. The zero-order valence-corrected chi connectivity index (χ0v) is 6.76. The molecule has 0 atom stereocenters. The van der Waals surface area contributed by atoms with Crippen molar-refractivity contribution in [1.29, 1.82) is 5.26 Å². The van der Waals surface area contributed by atoms with Crippen LogP contribution in [0.1, 0.15) is 5.56 Å². The van der Waals surface area contributed by atoms with E-state index in [0.717, 1.165) is 0 Å². The highest BCUT2D eigenvalue weighted by Crippen LogP contribution is 2.19. The number of benzene rings is 1. The van der Waals surface area contributed by atoms with E-state index < -0.39 is 0 Å². The standard InChI is InChI=1S/C9H4ClNO/c10-9-4-3-8(12)6-7(9)2-1-5-11/h3-4,6,12H. The van der Waals surface area contributed by atoms with Crippen LogP contribution in [-0.2, 0) is 0 Å². The summed E-state index contributed by atoms with van der Waals surface area (Å²) in [4.78, 5) is 0. The molecule has 0 saturated heterocycles. The molecule has 0 fully saturated rings. The number of nitriles is 1. The van der Waals surface area contributed by atoms with Crippen molar-refractivity contribution < 1.29 is 5.11 Å². The number of halogens is 1. The van der Waals surface area contributed by atoms with Gasteiger partial charge in [0.15, 0.2) is 6.07 Å². The molecular formula is C9H4ClNO. The first kappa shape index (κ1) is 8.46. The summed E-state index contributed by atoms with van der Waals surface area (Å²) in [6.07, 6.45) is 0. The molecule has 0 amide bonds. The van der Waals surface area contributed by atoms with Gasteiger partial charge in [0.05, 0.1) is 5.02 Å². The van der Waals surface area contributed by atoms with E-state index in [1.165, 1.54) is 18.2 Å². The second-order valence-corrected chi connectivity index (χ2v) is 2.43. The Kier molecular flexibility index (Phi) is 2.58. The van der Waals surface area contributed by atoms with Crippen molar-refractivity contribution in [3.8, 4) is 23.7 Å². The van der Waals surface area contributed by atoms with Crippen LogP contribution in [0.2, 0.25) is 5.02 Å². The average Bonchev–Trinajstić information content (AvgIpc) is 2.07. The third-order valence-electron chi connectivity index (χ3n) is 1.20. The van der Waals surface area contributed by atoms with Gasteiger partial charge < -0.3 is 5.11 Å². The Morgan fingerprint density at radius 1 is 1.42 bits per heavy atom. The number of hydrogen-bond acceptors (Lipinski definition) is 2. The van der Waals surface area contributed by atoms with Crippen molar-refractivity contribution >= 4 is 11.6 Å². The van der Waals surface area contributed by atoms with Gasteiger partial charge >= 0.3 is 0 Å². The second-order valence-electron chi connectivity index (χ2n) is 2.03. The third kappa shape index (κ3) is 1.92. The van der Waals surface area contributed by atoms with Gasteiger partial charge in [0, 0.05) is 11.5 Å². The van der Waals surface area contributed by atoms with Gasteiger partial charge in [0.25, 0.3) is 0 Å². The Balaban J connectivity index is 3.16. The van der Waals surface area contributed by atoms with Gasteiger partial charge in [-0.1, -0.05) is 11.6 Å². The summed E-state index contributed by atoms with van der Waals surface area (Å²) in [7, 11) is 0. The van der Waals surface area contributed by atoms with Gasteiger partial charge in [-0.2, -0.15) is 5.26 Å². The summed E-state index contributed by atoms with van der Waals surface area (Å²) in [5.41, 5.74) is 0.457. The van der Waals surface area contributed by atoms with E-state index in [4.69, 9.17) is 22.0 Å². The summed E-state index contributed by atoms with van der Waals surface area (Å²) in [6.45, 7) is 0. The predicted molar refractivity (Wildman–Crippen MR) is 45.6 cm³/mol. The summed E-state index contributed by atoms with van der Waals surface area (Å²) in [5.74, 6) is 4.78. The molecule has 3 heteroatoms. The Labute approximate surface area is 75.0 Å². The second kappa shape index (κ2) is 3.67. The van der Waals surface area contributed by atoms with Crippen LogP contribution in [0.3, 0.4) is 0 Å². The molecule has 0 heterocycles. The maximum Gasteiger partial charge on any atom is 0.152 e. The van der Waals surface area contributed by atoms with Gasteiger partial charge in [-0.15, -0.1) is 0 Å². The van der Waals surface area contributed by atoms with Gasteiger partial charge in [-0.05, 0) is 24.1 Å². The lowest BCUT2D eigenvalue weighted by atomic mass is 10.2. The van der Waals surface area contributed by atoms with E-state index in [-0.39, 0.29) is 5.75 Å². The minimum Gasteiger partial charge on any atom is -0.508 e. The van der Waals surface area contributed by atoms with Crippen LogP contribution in [0.4, 0.5) is 0 Å². The Bertz CT molecular complexity index is 395. The maximum absolute atomic E-state index is 9.03. The predicted octanol–water partition coefficient (Wildman–Crippen LogP) is 1.92. The van der Waals surface area contributed by atoms with E-state index in [0.29, 0.717) is 10.6 Å². The molecule has 0 bridgehead atoms. The highest BCUT2D eigenvalue weighted by Gasteiger charge is 1.96. The highest BCUT2D eigenvalue weighted by atomic mass is 35.5. The van der Waals surface area contributed by atoms with Crippen LogP contribution in [0.25, 0.3) is 0 Å². The zero-order valence-electron chi connectivity index (χ0n) is 6.00. The Morgan fingerprint density at radius 2 is 2.17 bits per heavy atom. The molecule has 2 nitrogen and oxygen atoms in total. The number of phenolic OH excluding ortho intramolecular Hbond substituents is 1. The van der Waals surface area contributed by atoms with E-state index >= 15 is 0 Å². The van der Waals surface area contributed by atoms with Crippen LogP contribution in [-0.4, -0.2) is 5.11 Å². The number of phenols is 1. The van der Waals surface area contributed by atoms with Crippen molar-refractivity contribution in [1.82, 2.24) is 0 Å². The first-order valence-electron chi connectivity index (χ1n) is 3.12. The van der Waals surface area contributed by atoms with E-state index in [2.05, 4.69) is 11.8 Å². The molecule has 0 aliphatic carbocycles. The molecule has 0 spiro atoms. The van der Waals surface area contributed by atoms with Crippen LogP contribution < -0.4 is 0 Å². The van der Waals surface area contributed by atoms with Crippen molar-refractivity contribution in [2.45, 2.75) is 0 Å². The number of aromatic hydroxyl groups is 1. The fraction of sp³-hybridized carbons (Fsp3) is 0. The SMILES string of the molecule is N#CC#Cc1cc(O)ccc1Cl. The number of nitrogens with zero attached hydrogens (tertiary/aromatic N) is 1. The smallest absolute Gasteiger partial charge is 0.152 e. The molecule has 58 valence electrons. The fourth-order valence-corrected chi connectivity index (χ4v) is 0.869. The van der Waals surface area contributed by atoms with Crippen LogP contribution >= 0.6 is 11.6 Å². The van der Waals surface area contributed by atoms with Crippen LogP contribution in [0.5, 0.6) is 5.75 Å². The van der Waals surface area contributed by atoms with Crippen LogP contribution in [0.15, 0.2) is 18.2 Å². The van der Waals surface area contributed by atoms with E-state index in [1.54, 1.807) is 6.07 Å². The van der Waals surface area contributed by atoms with Gasteiger partial charge in [0.2, 0.25) is 0 Å². The Morgan fingerprint density at radius 3 is 2.83 bits per heavy atom. The monoisotopic (exact) mass is 177 g/mol. The molecule has 0 unspecified atom stereocenters. The molecule has 1 N–H and O–H groups in total. The van der Waals surface area contributed by atoms with Crippen LogP contribution in [0, 0.1) is 23.2 Å². The summed E-state index contributed by atoms with van der Waals surface area (Å²) in [6, 6.07) is 6.06. The maximum atomic E-state index is 9.03.